The number of aromatic amines is 1. The van der Waals surface area contributed by atoms with E-state index in [2.05, 4.69) is 86.0 Å². The number of H-pyrrole nitrogens is 1. The second kappa shape index (κ2) is 8.01. The summed E-state index contributed by atoms with van der Waals surface area (Å²) >= 11 is 0. The fourth-order valence-corrected chi connectivity index (χ4v) is 4.98. The van der Waals surface area contributed by atoms with Crippen molar-refractivity contribution in [2.24, 2.45) is 0 Å². The minimum atomic E-state index is 0.105. The molecule has 1 atom stereocenters. The first-order valence-corrected chi connectivity index (χ1v) is 11.5. The summed E-state index contributed by atoms with van der Waals surface area (Å²) in [7, 11) is 0. The van der Waals surface area contributed by atoms with Crippen molar-refractivity contribution in [3.63, 3.8) is 0 Å². The Morgan fingerprint density at radius 1 is 1.06 bits per heavy atom. The van der Waals surface area contributed by atoms with Gasteiger partial charge in [-0.1, -0.05) is 18.2 Å². The monoisotopic (exact) mass is 437 g/mol. The molecule has 5 heterocycles. The van der Waals surface area contributed by atoms with Crippen LogP contribution in [0.3, 0.4) is 0 Å². The van der Waals surface area contributed by atoms with Crippen LogP contribution in [-0.4, -0.2) is 40.7 Å². The highest BCUT2D eigenvalue weighted by Crippen LogP contribution is 2.39. The maximum absolute atomic E-state index is 4.67. The standard InChI is InChI=1S/C26H27N7/c1-18(2)33-16-19(15-29-33)25-24-22(21-8-3-4-9-23(21)30-24)10-14-31(25)17-20-7-5-13-32(20)26-27-11-6-12-28-26/h3-9,11-13,15-16,18,25,30H,10,14,17H2,1-2H3. The van der Waals surface area contributed by atoms with E-state index in [1.165, 1.54) is 33.4 Å². The van der Waals surface area contributed by atoms with Gasteiger partial charge in [-0.15, -0.1) is 0 Å². The van der Waals surface area contributed by atoms with Crippen LogP contribution in [0.5, 0.6) is 0 Å². The summed E-state index contributed by atoms with van der Waals surface area (Å²) in [5, 5.41) is 5.99. The lowest BCUT2D eigenvalue weighted by Crippen LogP contribution is -2.36. The van der Waals surface area contributed by atoms with Crippen molar-refractivity contribution in [3.05, 3.63) is 96.0 Å². The van der Waals surface area contributed by atoms with Crippen LogP contribution in [0, 0.1) is 0 Å². The number of benzene rings is 1. The predicted octanol–water partition coefficient (Wildman–Crippen LogP) is 4.67. The third-order valence-electron chi connectivity index (χ3n) is 6.57. The Kier molecular flexibility index (Phi) is 4.84. The molecule has 0 bridgehead atoms. The van der Waals surface area contributed by atoms with Gasteiger partial charge in [-0.2, -0.15) is 5.10 Å². The zero-order valence-electron chi connectivity index (χ0n) is 18.9. The third kappa shape index (κ3) is 3.45. The van der Waals surface area contributed by atoms with Gasteiger partial charge in [-0.05, 0) is 50.1 Å². The molecule has 1 unspecified atom stereocenters. The molecule has 4 aromatic heterocycles. The molecular weight excluding hydrogens is 410 g/mol. The molecule has 5 aromatic rings. The number of nitrogens with one attached hydrogen (secondary N) is 1. The average molecular weight is 438 g/mol. The summed E-state index contributed by atoms with van der Waals surface area (Å²) in [4.78, 5) is 15.2. The molecule has 0 fully saturated rings. The number of hydrogen-bond donors (Lipinski definition) is 1. The van der Waals surface area contributed by atoms with Gasteiger partial charge >= 0.3 is 0 Å². The molecule has 1 aromatic carbocycles. The summed E-state index contributed by atoms with van der Waals surface area (Å²) in [5.74, 6) is 0.699. The summed E-state index contributed by atoms with van der Waals surface area (Å²) in [5.41, 5.74) is 6.28. The number of hydrogen-bond acceptors (Lipinski definition) is 4. The first-order chi connectivity index (χ1) is 16.2. The van der Waals surface area contributed by atoms with Crippen molar-refractivity contribution in [2.45, 2.75) is 38.9 Å². The Hall–Kier alpha value is -3.71. The summed E-state index contributed by atoms with van der Waals surface area (Å²) in [6, 6.07) is 15.1. The first-order valence-electron chi connectivity index (χ1n) is 11.5. The Morgan fingerprint density at radius 2 is 1.91 bits per heavy atom. The molecule has 33 heavy (non-hydrogen) atoms. The summed E-state index contributed by atoms with van der Waals surface area (Å²) in [6.45, 7) is 6.08. The van der Waals surface area contributed by atoms with Crippen LogP contribution in [0.4, 0.5) is 0 Å². The van der Waals surface area contributed by atoms with Crippen molar-refractivity contribution in [2.75, 3.05) is 6.54 Å². The van der Waals surface area contributed by atoms with E-state index in [1.54, 1.807) is 12.4 Å². The summed E-state index contributed by atoms with van der Waals surface area (Å²) in [6.07, 6.45) is 10.8. The minimum absolute atomic E-state index is 0.105. The lowest BCUT2D eigenvalue weighted by atomic mass is 9.93. The van der Waals surface area contributed by atoms with Crippen LogP contribution >= 0.6 is 0 Å². The molecule has 0 amide bonds. The number of fused-ring (bicyclic) bond motifs is 3. The van der Waals surface area contributed by atoms with E-state index >= 15 is 0 Å². The van der Waals surface area contributed by atoms with Crippen LogP contribution in [0.1, 0.15) is 48.4 Å². The lowest BCUT2D eigenvalue weighted by Gasteiger charge is -2.35. The van der Waals surface area contributed by atoms with Gasteiger partial charge in [-0.3, -0.25) is 14.1 Å². The third-order valence-corrected chi connectivity index (χ3v) is 6.57. The van der Waals surface area contributed by atoms with E-state index in [1.807, 2.05) is 23.1 Å². The molecular formula is C26H27N7. The predicted molar refractivity (Wildman–Crippen MR) is 128 cm³/mol. The molecule has 1 N–H and O–H groups in total. The van der Waals surface area contributed by atoms with Gasteiger partial charge < -0.3 is 4.98 Å². The molecule has 0 spiro atoms. The van der Waals surface area contributed by atoms with Crippen molar-refractivity contribution in [1.29, 1.82) is 0 Å². The molecule has 166 valence electrons. The van der Waals surface area contributed by atoms with Gasteiger partial charge in [0.15, 0.2) is 0 Å². The maximum Gasteiger partial charge on any atom is 0.233 e. The van der Waals surface area contributed by atoms with E-state index in [-0.39, 0.29) is 6.04 Å². The Labute approximate surface area is 192 Å². The number of nitrogens with zero attached hydrogens (tertiary/aromatic N) is 6. The van der Waals surface area contributed by atoms with Crippen LogP contribution < -0.4 is 0 Å². The van der Waals surface area contributed by atoms with E-state index in [0.29, 0.717) is 12.0 Å². The molecule has 7 heteroatoms. The molecule has 1 aliphatic rings. The topological polar surface area (TPSA) is 67.6 Å². The average Bonchev–Trinajstić information content (AvgIpc) is 3.58. The zero-order chi connectivity index (χ0) is 22.4. The van der Waals surface area contributed by atoms with Crippen LogP contribution in [-0.2, 0) is 13.0 Å². The number of para-hydroxylation sites is 1. The van der Waals surface area contributed by atoms with Crippen molar-refractivity contribution in [3.8, 4) is 5.95 Å². The van der Waals surface area contributed by atoms with Crippen molar-refractivity contribution >= 4 is 10.9 Å². The van der Waals surface area contributed by atoms with Crippen molar-refractivity contribution in [1.82, 2.24) is 34.2 Å². The smallest absolute Gasteiger partial charge is 0.233 e. The first kappa shape index (κ1) is 19.9. The van der Waals surface area contributed by atoms with E-state index in [9.17, 15) is 0 Å². The maximum atomic E-state index is 4.67. The van der Waals surface area contributed by atoms with Gasteiger partial charge in [0.1, 0.15) is 0 Å². The second-order valence-electron chi connectivity index (χ2n) is 8.95. The second-order valence-corrected chi connectivity index (χ2v) is 8.95. The lowest BCUT2D eigenvalue weighted by molar-refractivity contribution is 0.198. The van der Waals surface area contributed by atoms with Crippen LogP contribution in [0.2, 0.25) is 0 Å². The van der Waals surface area contributed by atoms with Crippen LogP contribution in [0.15, 0.2) is 73.4 Å². The van der Waals surface area contributed by atoms with Gasteiger partial charge in [0.2, 0.25) is 5.95 Å². The van der Waals surface area contributed by atoms with Gasteiger partial charge in [0.05, 0.1) is 12.2 Å². The molecule has 0 saturated heterocycles. The highest BCUT2D eigenvalue weighted by molar-refractivity contribution is 5.85. The van der Waals surface area contributed by atoms with Crippen molar-refractivity contribution < 1.29 is 0 Å². The van der Waals surface area contributed by atoms with Gasteiger partial charge in [0, 0.05) is 71.8 Å². The molecule has 0 radical (unpaired) electrons. The van der Waals surface area contributed by atoms with E-state index < -0.39 is 0 Å². The largest absolute Gasteiger partial charge is 0.357 e. The fraction of sp³-hybridized carbons (Fsp3) is 0.269. The molecule has 6 rings (SSSR count). The highest BCUT2D eigenvalue weighted by atomic mass is 15.3. The number of rotatable bonds is 5. The van der Waals surface area contributed by atoms with Gasteiger partial charge in [-0.25, -0.2) is 9.97 Å². The highest BCUT2D eigenvalue weighted by Gasteiger charge is 2.33. The zero-order valence-corrected chi connectivity index (χ0v) is 18.9. The van der Waals surface area contributed by atoms with E-state index in [4.69, 9.17) is 0 Å². The SMILES string of the molecule is CC(C)n1cc(C2c3[nH]c4ccccc4c3CCN2Cc2cccn2-c2ncccn2)cn1. The van der Waals surface area contributed by atoms with Gasteiger partial charge in [0.25, 0.3) is 0 Å². The molecule has 0 saturated carbocycles. The molecule has 7 nitrogen and oxygen atoms in total. The Balaban J connectivity index is 1.43. The number of aromatic nitrogens is 6. The Bertz CT molecular complexity index is 1390. The summed E-state index contributed by atoms with van der Waals surface area (Å²) < 4.78 is 4.13. The normalized spacial score (nSPS) is 16.5. The Morgan fingerprint density at radius 3 is 2.73 bits per heavy atom. The quantitative estimate of drug-likeness (QED) is 0.434. The van der Waals surface area contributed by atoms with E-state index in [0.717, 1.165) is 19.5 Å². The molecule has 0 aliphatic carbocycles. The molecule has 1 aliphatic heterocycles. The fourth-order valence-electron chi connectivity index (χ4n) is 4.98. The van der Waals surface area contributed by atoms with Crippen LogP contribution in [0.25, 0.3) is 16.9 Å². The minimum Gasteiger partial charge on any atom is -0.357 e.